The van der Waals surface area contributed by atoms with Crippen molar-refractivity contribution in [2.75, 3.05) is 0 Å². The summed E-state index contributed by atoms with van der Waals surface area (Å²) in [5, 5.41) is 2.71. The molecule has 0 aliphatic carbocycles. The van der Waals surface area contributed by atoms with Gasteiger partial charge in [0.05, 0.1) is 0 Å². The lowest BCUT2D eigenvalue weighted by molar-refractivity contribution is 1.38. The fourth-order valence-corrected chi connectivity index (χ4v) is 1.54. The third kappa shape index (κ3) is 1.95. The standard InChI is InChI=1S/C12H12.C2H6/c1-9-7-8-11-5-3-4-6-12(11)10(9)2;1-2/h3-8H,1-2H3;1-2H3. The molecule has 2 aromatic rings. The minimum absolute atomic E-state index is 1.33. The van der Waals surface area contributed by atoms with E-state index in [4.69, 9.17) is 0 Å². The van der Waals surface area contributed by atoms with Gasteiger partial charge in [-0.25, -0.2) is 0 Å². The van der Waals surface area contributed by atoms with Crippen LogP contribution in [-0.2, 0) is 0 Å². The number of benzene rings is 2. The number of hydrogen-bond donors (Lipinski definition) is 0. The summed E-state index contributed by atoms with van der Waals surface area (Å²) in [5.41, 5.74) is 2.77. The van der Waals surface area contributed by atoms with Crippen LogP contribution in [0.25, 0.3) is 10.8 Å². The zero-order valence-corrected chi connectivity index (χ0v) is 9.46. The second kappa shape index (κ2) is 4.80. The fourth-order valence-electron chi connectivity index (χ4n) is 1.54. The second-order valence-electron chi connectivity index (χ2n) is 3.23. The van der Waals surface area contributed by atoms with Gasteiger partial charge in [-0.2, -0.15) is 0 Å². The van der Waals surface area contributed by atoms with E-state index in [-0.39, 0.29) is 0 Å². The van der Waals surface area contributed by atoms with Gasteiger partial charge in [-0.15, -0.1) is 0 Å². The Hall–Kier alpha value is -1.30. The van der Waals surface area contributed by atoms with E-state index in [0.29, 0.717) is 0 Å². The summed E-state index contributed by atoms with van der Waals surface area (Å²) in [7, 11) is 0. The van der Waals surface area contributed by atoms with E-state index in [2.05, 4.69) is 50.2 Å². The molecule has 0 bridgehead atoms. The lowest BCUT2D eigenvalue weighted by Crippen LogP contribution is -1.82. The molecule has 0 amide bonds. The van der Waals surface area contributed by atoms with E-state index in [1.54, 1.807) is 0 Å². The summed E-state index contributed by atoms with van der Waals surface area (Å²) in [4.78, 5) is 0. The molecule has 2 rings (SSSR count). The van der Waals surface area contributed by atoms with Crippen molar-refractivity contribution in [1.29, 1.82) is 0 Å². The van der Waals surface area contributed by atoms with E-state index in [1.165, 1.54) is 21.9 Å². The van der Waals surface area contributed by atoms with Crippen LogP contribution in [0.2, 0.25) is 0 Å². The van der Waals surface area contributed by atoms with Crippen molar-refractivity contribution in [3.05, 3.63) is 47.5 Å². The SMILES string of the molecule is CC.Cc1ccc2ccccc2c1C. The van der Waals surface area contributed by atoms with Gasteiger partial charge >= 0.3 is 0 Å². The lowest BCUT2D eigenvalue weighted by Gasteiger charge is -2.04. The Labute approximate surface area is 86.6 Å². The van der Waals surface area contributed by atoms with Gasteiger partial charge in [0.2, 0.25) is 0 Å². The molecular weight excluding hydrogens is 168 g/mol. The van der Waals surface area contributed by atoms with Gasteiger partial charge in [-0.05, 0) is 35.7 Å². The molecule has 0 radical (unpaired) electrons. The van der Waals surface area contributed by atoms with Crippen LogP contribution in [-0.4, -0.2) is 0 Å². The van der Waals surface area contributed by atoms with Gasteiger partial charge in [0, 0.05) is 0 Å². The molecule has 0 unspecified atom stereocenters. The predicted molar refractivity (Wildman–Crippen MR) is 64.8 cm³/mol. The highest BCUT2D eigenvalue weighted by molar-refractivity contribution is 5.86. The molecule has 0 aliphatic heterocycles. The predicted octanol–water partition coefficient (Wildman–Crippen LogP) is 4.48. The number of fused-ring (bicyclic) bond motifs is 1. The van der Waals surface area contributed by atoms with Gasteiger partial charge in [0.25, 0.3) is 0 Å². The van der Waals surface area contributed by atoms with Crippen LogP contribution in [0.1, 0.15) is 25.0 Å². The average molecular weight is 186 g/mol. The van der Waals surface area contributed by atoms with Crippen LogP contribution in [0, 0.1) is 13.8 Å². The van der Waals surface area contributed by atoms with Crippen molar-refractivity contribution in [2.24, 2.45) is 0 Å². The summed E-state index contributed by atoms with van der Waals surface area (Å²) >= 11 is 0. The van der Waals surface area contributed by atoms with E-state index in [9.17, 15) is 0 Å². The highest BCUT2D eigenvalue weighted by atomic mass is 14.0. The summed E-state index contributed by atoms with van der Waals surface area (Å²) in [6, 6.07) is 12.9. The van der Waals surface area contributed by atoms with E-state index >= 15 is 0 Å². The van der Waals surface area contributed by atoms with Crippen LogP contribution in [0.5, 0.6) is 0 Å². The molecule has 0 aromatic heterocycles. The van der Waals surface area contributed by atoms with Crippen LogP contribution in [0.4, 0.5) is 0 Å². The zero-order chi connectivity index (χ0) is 10.6. The van der Waals surface area contributed by atoms with Crippen molar-refractivity contribution < 1.29 is 0 Å². The number of rotatable bonds is 0. The minimum Gasteiger partial charge on any atom is -0.0683 e. The van der Waals surface area contributed by atoms with Crippen LogP contribution in [0.15, 0.2) is 36.4 Å². The van der Waals surface area contributed by atoms with E-state index in [1.807, 2.05) is 13.8 Å². The van der Waals surface area contributed by atoms with Gasteiger partial charge in [0.15, 0.2) is 0 Å². The molecule has 0 heteroatoms. The lowest BCUT2D eigenvalue weighted by atomic mass is 10.0. The fraction of sp³-hybridized carbons (Fsp3) is 0.286. The monoisotopic (exact) mass is 186 g/mol. The molecule has 0 saturated heterocycles. The van der Waals surface area contributed by atoms with Crippen molar-refractivity contribution in [3.8, 4) is 0 Å². The molecule has 0 saturated carbocycles. The van der Waals surface area contributed by atoms with Crippen molar-refractivity contribution in [1.82, 2.24) is 0 Å². The molecule has 74 valence electrons. The maximum atomic E-state index is 2.18. The highest BCUT2D eigenvalue weighted by Crippen LogP contribution is 2.20. The molecule has 0 aliphatic rings. The Morgan fingerprint density at radius 2 is 1.43 bits per heavy atom. The second-order valence-corrected chi connectivity index (χ2v) is 3.23. The Morgan fingerprint density at radius 3 is 2.14 bits per heavy atom. The number of aryl methyl sites for hydroxylation is 2. The molecule has 0 fully saturated rings. The van der Waals surface area contributed by atoms with Crippen molar-refractivity contribution >= 4 is 10.8 Å². The number of hydrogen-bond acceptors (Lipinski definition) is 0. The first-order chi connectivity index (χ1) is 6.79. The van der Waals surface area contributed by atoms with Gasteiger partial charge in [-0.1, -0.05) is 50.2 Å². The molecule has 14 heavy (non-hydrogen) atoms. The van der Waals surface area contributed by atoms with Crippen LogP contribution < -0.4 is 0 Å². The molecule has 0 nitrogen and oxygen atoms in total. The Balaban J connectivity index is 0.000000461. The molecule has 0 spiro atoms. The topological polar surface area (TPSA) is 0 Å². The normalized spacial score (nSPS) is 9.43. The van der Waals surface area contributed by atoms with Crippen molar-refractivity contribution in [3.63, 3.8) is 0 Å². The summed E-state index contributed by atoms with van der Waals surface area (Å²) < 4.78 is 0. The molecule has 2 aromatic carbocycles. The maximum absolute atomic E-state index is 2.18. The Morgan fingerprint density at radius 1 is 0.786 bits per heavy atom. The smallest absolute Gasteiger partial charge is 0.0152 e. The highest BCUT2D eigenvalue weighted by Gasteiger charge is 1.97. The Bertz CT molecular complexity index is 413. The summed E-state index contributed by atoms with van der Waals surface area (Å²) in [5.74, 6) is 0. The van der Waals surface area contributed by atoms with E-state index in [0.717, 1.165) is 0 Å². The summed E-state index contributed by atoms with van der Waals surface area (Å²) in [6.45, 7) is 8.33. The molecule has 0 heterocycles. The van der Waals surface area contributed by atoms with Crippen LogP contribution >= 0.6 is 0 Å². The quantitative estimate of drug-likeness (QED) is 0.569. The first kappa shape index (κ1) is 10.8. The first-order valence-corrected chi connectivity index (χ1v) is 5.24. The molecular formula is C14H18. The van der Waals surface area contributed by atoms with Crippen molar-refractivity contribution in [2.45, 2.75) is 27.7 Å². The van der Waals surface area contributed by atoms with E-state index < -0.39 is 0 Å². The zero-order valence-electron chi connectivity index (χ0n) is 9.46. The third-order valence-corrected chi connectivity index (χ3v) is 2.47. The molecule has 0 atom stereocenters. The first-order valence-electron chi connectivity index (χ1n) is 5.24. The van der Waals surface area contributed by atoms with Gasteiger partial charge in [0.1, 0.15) is 0 Å². The minimum atomic E-state index is 1.33. The van der Waals surface area contributed by atoms with Gasteiger partial charge < -0.3 is 0 Å². The largest absolute Gasteiger partial charge is 0.0683 e. The average Bonchev–Trinajstić information content (AvgIpc) is 2.27. The summed E-state index contributed by atoms with van der Waals surface area (Å²) in [6.07, 6.45) is 0. The van der Waals surface area contributed by atoms with Gasteiger partial charge in [-0.3, -0.25) is 0 Å². The maximum Gasteiger partial charge on any atom is -0.0152 e. The third-order valence-electron chi connectivity index (χ3n) is 2.47. The van der Waals surface area contributed by atoms with Crippen LogP contribution in [0.3, 0.4) is 0 Å². The molecule has 0 N–H and O–H groups in total. The Kier molecular flexibility index (Phi) is 3.70.